The van der Waals surface area contributed by atoms with E-state index in [1.165, 1.54) is 21.3 Å². The average Bonchev–Trinajstić information content (AvgIpc) is 3.21. The molecule has 7 nitrogen and oxygen atoms in total. The van der Waals surface area contributed by atoms with Gasteiger partial charge in [0.05, 0.1) is 33.4 Å². The summed E-state index contributed by atoms with van der Waals surface area (Å²) in [6.07, 6.45) is 1.91. The minimum Gasteiger partial charge on any atom is -0.493 e. The molecule has 0 atom stereocenters. The summed E-state index contributed by atoms with van der Waals surface area (Å²) in [5.74, 6) is 1.09. The van der Waals surface area contributed by atoms with Gasteiger partial charge in [0.15, 0.2) is 11.5 Å². The molecular formula is C21H22N2O5. The number of methoxy groups -OCH3 is 3. The Balaban J connectivity index is 1.63. The molecule has 0 bridgehead atoms. The van der Waals surface area contributed by atoms with Crippen molar-refractivity contribution in [3.63, 3.8) is 0 Å². The van der Waals surface area contributed by atoms with Gasteiger partial charge >= 0.3 is 5.97 Å². The van der Waals surface area contributed by atoms with Crippen LogP contribution in [0.3, 0.4) is 0 Å². The maximum atomic E-state index is 12.2. The topological polar surface area (TPSA) is 71.8 Å². The van der Waals surface area contributed by atoms with Crippen molar-refractivity contribution in [1.82, 2.24) is 9.78 Å². The van der Waals surface area contributed by atoms with Gasteiger partial charge in [-0.05, 0) is 35.9 Å². The fourth-order valence-corrected chi connectivity index (χ4v) is 2.77. The van der Waals surface area contributed by atoms with Crippen molar-refractivity contribution in [2.45, 2.75) is 13.0 Å². The van der Waals surface area contributed by atoms with Crippen LogP contribution in [0.5, 0.6) is 17.2 Å². The zero-order valence-electron chi connectivity index (χ0n) is 16.0. The molecule has 0 unspecified atom stereocenters. The molecule has 28 heavy (non-hydrogen) atoms. The van der Waals surface area contributed by atoms with Gasteiger partial charge in [-0.2, -0.15) is 5.10 Å². The summed E-state index contributed by atoms with van der Waals surface area (Å²) in [6.45, 7) is 0.100. The highest BCUT2D eigenvalue weighted by molar-refractivity contribution is 5.73. The number of hydrogen-bond acceptors (Lipinski definition) is 6. The minimum absolute atomic E-state index is 0.0795. The van der Waals surface area contributed by atoms with Gasteiger partial charge in [-0.15, -0.1) is 0 Å². The highest BCUT2D eigenvalue weighted by atomic mass is 16.5. The molecule has 0 aliphatic heterocycles. The largest absolute Gasteiger partial charge is 0.493 e. The van der Waals surface area contributed by atoms with Gasteiger partial charge in [-0.25, -0.2) is 4.68 Å². The van der Waals surface area contributed by atoms with Gasteiger partial charge in [0.25, 0.3) is 0 Å². The number of carbonyl (C=O) groups is 1. The number of rotatable bonds is 8. The molecule has 0 saturated carbocycles. The van der Waals surface area contributed by atoms with Crippen molar-refractivity contribution in [2.24, 2.45) is 0 Å². The predicted molar refractivity (Wildman–Crippen MR) is 103 cm³/mol. The van der Waals surface area contributed by atoms with Crippen LogP contribution in [0.4, 0.5) is 0 Å². The second-order valence-electron chi connectivity index (χ2n) is 5.96. The lowest BCUT2D eigenvalue weighted by Gasteiger charge is -2.13. The number of hydrogen-bond donors (Lipinski definition) is 0. The van der Waals surface area contributed by atoms with Crippen molar-refractivity contribution in [3.05, 3.63) is 66.0 Å². The van der Waals surface area contributed by atoms with E-state index in [-0.39, 0.29) is 19.0 Å². The van der Waals surface area contributed by atoms with Crippen LogP contribution in [0.15, 0.2) is 54.7 Å². The molecule has 1 aromatic heterocycles. The van der Waals surface area contributed by atoms with E-state index in [4.69, 9.17) is 18.9 Å². The smallest absolute Gasteiger partial charge is 0.310 e. The molecule has 0 radical (unpaired) electrons. The molecule has 0 amide bonds. The lowest BCUT2D eigenvalue weighted by atomic mass is 10.1. The summed E-state index contributed by atoms with van der Waals surface area (Å²) in [5.41, 5.74) is 2.31. The molecule has 3 rings (SSSR count). The standard InChI is InChI=1S/C21H22N2O5/c1-25-18-11-15(12-19(26-2)21(18)27-3)13-20(24)28-14-16-9-10-23(22-16)17-7-5-4-6-8-17/h4-12H,13-14H2,1-3H3. The van der Waals surface area contributed by atoms with Crippen LogP contribution in [-0.4, -0.2) is 37.1 Å². The number of esters is 1. The van der Waals surface area contributed by atoms with Gasteiger partial charge < -0.3 is 18.9 Å². The Morgan fingerprint density at radius 3 is 2.25 bits per heavy atom. The molecule has 7 heteroatoms. The van der Waals surface area contributed by atoms with E-state index < -0.39 is 0 Å². The normalized spacial score (nSPS) is 10.4. The van der Waals surface area contributed by atoms with Crippen molar-refractivity contribution in [2.75, 3.05) is 21.3 Å². The molecule has 0 aliphatic carbocycles. The lowest BCUT2D eigenvalue weighted by molar-refractivity contribution is -0.144. The highest BCUT2D eigenvalue weighted by Gasteiger charge is 2.15. The van der Waals surface area contributed by atoms with Gasteiger partial charge in [-0.1, -0.05) is 18.2 Å². The number of benzene rings is 2. The van der Waals surface area contributed by atoms with Crippen LogP contribution < -0.4 is 14.2 Å². The average molecular weight is 382 g/mol. The van der Waals surface area contributed by atoms with Gasteiger partial charge in [-0.3, -0.25) is 4.79 Å². The first kappa shape index (κ1) is 19.3. The predicted octanol–water partition coefficient (Wildman–Crippen LogP) is 3.18. The molecular weight excluding hydrogens is 360 g/mol. The van der Waals surface area contributed by atoms with Crippen molar-refractivity contribution >= 4 is 5.97 Å². The van der Waals surface area contributed by atoms with Crippen LogP contribution in [0.25, 0.3) is 5.69 Å². The second kappa shape index (κ2) is 8.94. The summed E-state index contributed by atoms with van der Waals surface area (Å²) >= 11 is 0. The third-order valence-corrected chi connectivity index (χ3v) is 4.12. The highest BCUT2D eigenvalue weighted by Crippen LogP contribution is 2.38. The van der Waals surface area contributed by atoms with Gasteiger partial charge in [0.1, 0.15) is 12.3 Å². The van der Waals surface area contributed by atoms with Crippen molar-refractivity contribution in [1.29, 1.82) is 0 Å². The van der Waals surface area contributed by atoms with Crippen LogP contribution >= 0.6 is 0 Å². The molecule has 0 saturated heterocycles. The Bertz CT molecular complexity index is 912. The third-order valence-electron chi connectivity index (χ3n) is 4.12. The fourth-order valence-electron chi connectivity index (χ4n) is 2.77. The van der Waals surface area contributed by atoms with Crippen LogP contribution in [0.2, 0.25) is 0 Å². The second-order valence-corrected chi connectivity index (χ2v) is 5.96. The first-order valence-corrected chi connectivity index (χ1v) is 8.69. The Labute approximate surface area is 163 Å². The van der Waals surface area contributed by atoms with E-state index in [9.17, 15) is 4.79 Å². The summed E-state index contributed by atoms with van der Waals surface area (Å²) in [6, 6.07) is 15.0. The van der Waals surface area contributed by atoms with Crippen LogP contribution in [0.1, 0.15) is 11.3 Å². The molecule has 1 heterocycles. The minimum atomic E-state index is -0.372. The number of carbonyl (C=O) groups excluding carboxylic acids is 1. The van der Waals surface area contributed by atoms with Crippen molar-refractivity contribution < 1.29 is 23.7 Å². The van der Waals surface area contributed by atoms with Gasteiger partial charge in [0, 0.05) is 6.20 Å². The zero-order valence-corrected chi connectivity index (χ0v) is 16.0. The lowest BCUT2D eigenvalue weighted by Crippen LogP contribution is -2.09. The first-order chi connectivity index (χ1) is 13.6. The molecule has 0 N–H and O–H groups in total. The molecule has 2 aromatic carbocycles. The fraction of sp³-hybridized carbons (Fsp3) is 0.238. The number of ether oxygens (including phenoxy) is 4. The Morgan fingerprint density at radius 1 is 0.964 bits per heavy atom. The van der Waals surface area contributed by atoms with E-state index in [1.807, 2.05) is 42.6 Å². The van der Waals surface area contributed by atoms with E-state index >= 15 is 0 Å². The van der Waals surface area contributed by atoms with Crippen LogP contribution in [0, 0.1) is 0 Å². The van der Waals surface area contributed by atoms with Crippen LogP contribution in [-0.2, 0) is 22.6 Å². The monoisotopic (exact) mass is 382 g/mol. The summed E-state index contributed by atoms with van der Waals surface area (Å²) in [5, 5.41) is 4.42. The number of para-hydroxylation sites is 1. The SMILES string of the molecule is COc1cc(CC(=O)OCc2ccn(-c3ccccc3)n2)cc(OC)c1OC. The maximum absolute atomic E-state index is 12.2. The molecule has 0 aliphatic rings. The number of nitrogens with zero attached hydrogens (tertiary/aromatic N) is 2. The van der Waals surface area contributed by atoms with Crippen molar-refractivity contribution in [3.8, 4) is 22.9 Å². The molecule has 146 valence electrons. The summed E-state index contributed by atoms with van der Waals surface area (Å²) < 4.78 is 23.0. The van der Waals surface area contributed by atoms with Gasteiger partial charge in [0.2, 0.25) is 5.75 Å². The molecule has 0 fully saturated rings. The van der Waals surface area contributed by atoms with E-state index in [0.29, 0.717) is 28.5 Å². The third kappa shape index (κ3) is 4.43. The van der Waals surface area contributed by atoms with E-state index in [1.54, 1.807) is 16.8 Å². The maximum Gasteiger partial charge on any atom is 0.310 e. The van der Waals surface area contributed by atoms with E-state index in [0.717, 1.165) is 5.69 Å². The quantitative estimate of drug-likeness (QED) is 0.557. The Kier molecular flexibility index (Phi) is 6.16. The Hall–Kier alpha value is -3.48. The number of aromatic nitrogens is 2. The first-order valence-electron chi connectivity index (χ1n) is 8.69. The summed E-state index contributed by atoms with van der Waals surface area (Å²) in [7, 11) is 4.59. The molecule has 3 aromatic rings. The summed E-state index contributed by atoms with van der Waals surface area (Å²) in [4.78, 5) is 12.2. The zero-order chi connectivity index (χ0) is 19.9. The molecule has 0 spiro atoms. The van der Waals surface area contributed by atoms with E-state index in [2.05, 4.69) is 5.10 Å². The Morgan fingerprint density at radius 2 is 1.64 bits per heavy atom.